The van der Waals surface area contributed by atoms with Gasteiger partial charge in [-0.05, 0) is 77.1 Å². The summed E-state index contributed by atoms with van der Waals surface area (Å²) in [7, 11) is 0. The summed E-state index contributed by atoms with van der Waals surface area (Å²) < 4.78 is 0. The SMILES string of the molecule is O=C1CC2[N-]/C1=C(/c1ccccc1)c1ccc([nH]1)/C(C1C=CC=CC1)=C1/C=CC(=N1)/C(c1ccccc1)=c1/cc/c([nH]1)=C/2c1ccccc1. The average molecular weight is 634 g/mol. The van der Waals surface area contributed by atoms with E-state index in [9.17, 15) is 4.79 Å². The van der Waals surface area contributed by atoms with Crippen LogP contribution in [0.25, 0.3) is 27.6 Å². The van der Waals surface area contributed by atoms with Crippen LogP contribution < -0.4 is 10.7 Å². The molecular formula is C44H33N4O-. The van der Waals surface area contributed by atoms with E-state index in [1.54, 1.807) is 0 Å². The van der Waals surface area contributed by atoms with E-state index in [4.69, 9.17) is 10.3 Å². The molecule has 0 radical (unpaired) electrons. The second-order valence-corrected chi connectivity index (χ2v) is 12.7. The van der Waals surface area contributed by atoms with Gasteiger partial charge in [-0.15, -0.1) is 0 Å². The normalized spacial score (nSPS) is 25.1. The second kappa shape index (κ2) is 12.1. The largest absolute Gasteiger partial charge is 0.674 e. The monoisotopic (exact) mass is 633 g/mol. The smallest absolute Gasteiger partial charge is 0.140 e. The predicted octanol–water partition coefficient (Wildman–Crippen LogP) is 7.78. The van der Waals surface area contributed by atoms with E-state index in [1.165, 1.54) is 0 Å². The molecule has 4 aliphatic rings. The van der Waals surface area contributed by atoms with Gasteiger partial charge in [0, 0.05) is 39.2 Å². The summed E-state index contributed by atoms with van der Waals surface area (Å²) in [6, 6.07) is 39.0. The Bertz CT molecular complexity index is 2420. The molecule has 236 valence electrons. The van der Waals surface area contributed by atoms with Crippen molar-refractivity contribution in [3.8, 4) is 0 Å². The zero-order valence-electron chi connectivity index (χ0n) is 26.8. The Morgan fingerprint density at radius 2 is 1.31 bits per heavy atom. The molecule has 1 aliphatic carbocycles. The molecule has 0 amide bonds. The molecule has 1 saturated heterocycles. The first kappa shape index (κ1) is 29.0. The van der Waals surface area contributed by atoms with Crippen LogP contribution in [0.1, 0.15) is 40.9 Å². The molecular weight excluding hydrogens is 601 g/mol. The first-order valence-corrected chi connectivity index (χ1v) is 16.8. The standard InChI is InChI=1S/C44H33N4O/c49-39-27-38-42(30-17-9-3-10-18-30)36-24-23-34(46-36)40(28-13-5-1-6-14-28)32-21-22-33(45-32)41(29-15-7-2-8-16-29)35-25-26-37(47-35)43(44(39)48-38)31-19-11-4-12-20-31/h1-15,17-26,29,38H,16,27H2,(H2-,45,46,47,48,49)/q-1/b42-36-. The minimum atomic E-state index is -0.359. The molecule has 5 nitrogen and oxygen atoms in total. The third-order valence-electron chi connectivity index (χ3n) is 9.72. The number of aromatic nitrogens is 2. The van der Waals surface area contributed by atoms with Crippen molar-refractivity contribution in [2.24, 2.45) is 10.9 Å². The molecule has 2 N–H and O–H groups in total. The third kappa shape index (κ3) is 5.20. The number of benzene rings is 3. The van der Waals surface area contributed by atoms with Gasteiger partial charge < -0.3 is 15.3 Å². The van der Waals surface area contributed by atoms with E-state index in [0.717, 1.165) is 78.9 Å². The van der Waals surface area contributed by atoms with Gasteiger partial charge >= 0.3 is 0 Å². The number of aliphatic imine (C=N–C) groups is 1. The van der Waals surface area contributed by atoms with Crippen LogP contribution in [0.5, 0.6) is 0 Å². The van der Waals surface area contributed by atoms with Crippen molar-refractivity contribution in [2.75, 3.05) is 0 Å². The third-order valence-corrected chi connectivity index (χ3v) is 9.72. The predicted molar refractivity (Wildman–Crippen MR) is 198 cm³/mol. The van der Waals surface area contributed by atoms with Crippen molar-refractivity contribution >= 4 is 33.8 Å². The Hall–Kier alpha value is -6.20. The summed E-state index contributed by atoms with van der Waals surface area (Å²) in [5, 5.41) is 7.18. The molecule has 0 saturated carbocycles. The van der Waals surface area contributed by atoms with Crippen molar-refractivity contribution in [3.63, 3.8) is 0 Å². The number of allylic oxidation sites excluding steroid dienone is 8. The highest BCUT2D eigenvalue weighted by Gasteiger charge is 2.27. The number of carbonyl (C=O) groups excluding carboxylic acids is 1. The number of aromatic amines is 2. The van der Waals surface area contributed by atoms with Gasteiger partial charge in [-0.3, -0.25) is 4.79 Å². The van der Waals surface area contributed by atoms with Crippen molar-refractivity contribution in [3.05, 3.63) is 207 Å². The van der Waals surface area contributed by atoms with Crippen LogP contribution in [0.15, 0.2) is 168 Å². The Morgan fingerprint density at radius 3 is 2.02 bits per heavy atom. The van der Waals surface area contributed by atoms with Crippen LogP contribution >= 0.6 is 0 Å². The molecule has 2 unspecified atom stereocenters. The minimum Gasteiger partial charge on any atom is -0.674 e. The lowest BCUT2D eigenvalue weighted by atomic mass is 9.89. The van der Waals surface area contributed by atoms with E-state index >= 15 is 0 Å². The fourth-order valence-corrected chi connectivity index (χ4v) is 7.50. The van der Waals surface area contributed by atoms with E-state index in [-0.39, 0.29) is 24.2 Å². The van der Waals surface area contributed by atoms with Crippen LogP contribution in [0.3, 0.4) is 0 Å². The minimum absolute atomic E-state index is 0.0348. The quantitative estimate of drug-likeness (QED) is 0.208. The molecule has 0 spiro atoms. The second-order valence-electron chi connectivity index (χ2n) is 12.7. The van der Waals surface area contributed by atoms with Crippen LogP contribution in [-0.4, -0.2) is 27.5 Å². The number of rotatable bonds is 4. The maximum absolute atomic E-state index is 14.1. The highest BCUT2D eigenvalue weighted by atomic mass is 16.1. The summed E-state index contributed by atoms with van der Waals surface area (Å²) in [4.78, 5) is 27.0. The zero-order chi connectivity index (χ0) is 32.7. The van der Waals surface area contributed by atoms with E-state index < -0.39 is 0 Å². The first-order chi connectivity index (χ1) is 24.2. The summed E-state index contributed by atoms with van der Waals surface area (Å²) in [5.41, 5.74) is 11.2. The zero-order valence-corrected chi connectivity index (χ0v) is 26.8. The number of hydrogen-bond donors (Lipinski definition) is 2. The van der Waals surface area contributed by atoms with Crippen molar-refractivity contribution in [2.45, 2.75) is 18.9 Å². The number of nitrogens with one attached hydrogen (secondary N) is 2. The van der Waals surface area contributed by atoms with E-state index in [0.29, 0.717) is 5.70 Å². The van der Waals surface area contributed by atoms with Gasteiger partial charge in [0.2, 0.25) is 0 Å². The number of nitrogens with zero attached hydrogens (tertiary/aromatic N) is 2. The molecule has 5 heteroatoms. The maximum Gasteiger partial charge on any atom is 0.140 e. The molecule has 5 aromatic rings. The number of carbonyl (C=O) groups is 1. The molecule has 3 aliphatic heterocycles. The van der Waals surface area contributed by atoms with Crippen LogP contribution in [0.4, 0.5) is 0 Å². The number of hydrogen-bond acceptors (Lipinski definition) is 2. The van der Waals surface area contributed by atoms with Gasteiger partial charge in [0.25, 0.3) is 0 Å². The summed E-state index contributed by atoms with van der Waals surface area (Å²) in [5.74, 6) is 0.168. The Morgan fingerprint density at radius 1 is 0.633 bits per heavy atom. The van der Waals surface area contributed by atoms with Crippen molar-refractivity contribution in [1.29, 1.82) is 0 Å². The molecule has 5 heterocycles. The molecule has 8 bridgehead atoms. The maximum atomic E-state index is 14.1. The van der Waals surface area contributed by atoms with Gasteiger partial charge in [0.1, 0.15) is 5.78 Å². The Kier molecular flexibility index (Phi) is 7.16. The number of H-pyrrole nitrogens is 2. The molecule has 3 aromatic carbocycles. The number of Topliss-reactive ketones (excluding diaryl/α,β-unsaturated/α-hetero) is 1. The summed E-state index contributed by atoms with van der Waals surface area (Å²) >= 11 is 0. The van der Waals surface area contributed by atoms with Crippen molar-refractivity contribution in [1.82, 2.24) is 9.97 Å². The Balaban J connectivity index is 1.38. The fraction of sp³-hybridized carbons (Fsp3) is 0.0909. The highest BCUT2D eigenvalue weighted by molar-refractivity contribution is 6.30. The fourth-order valence-electron chi connectivity index (χ4n) is 7.50. The van der Waals surface area contributed by atoms with Crippen molar-refractivity contribution < 1.29 is 4.79 Å². The van der Waals surface area contributed by atoms with E-state index in [2.05, 4.69) is 119 Å². The van der Waals surface area contributed by atoms with Crippen LogP contribution in [0.2, 0.25) is 0 Å². The lowest BCUT2D eigenvalue weighted by Gasteiger charge is -2.29. The van der Waals surface area contributed by atoms with Gasteiger partial charge in [-0.25, -0.2) is 4.99 Å². The molecule has 2 atom stereocenters. The van der Waals surface area contributed by atoms with Crippen LogP contribution in [-0.2, 0) is 4.79 Å². The molecule has 1 fully saturated rings. The average Bonchev–Trinajstić information content (AvgIpc) is 3.98. The summed E-state index contributed by atoms with van der Waals surface area (Å²) in [6.07, 6.45) is 14.1. The Labute approximate surface area is 284 Å². The molecule has 9 rings (SSSR count). The lowest BCUT2D eigenvalue weighted by molar-refractivity contribution is -0.114. The van der Waals surface area contributed by atoms with Gasteiger partial charge in [0.15, 0.2) is 0 Å². The first-order valence-electron chi connectivity index (χ1n) is 16.8. The highest BCUT2D eigenvalue weighted by Crippen LogP contribution is 2.42. The van der Waals surface area contributed by atoms with Gasteiger partial charge in [-0.1, -0.05) is 127 Å². The topological polar surface area (TPSA) is 75.1 Å². The van der Waals surface area contributed by atoms with Crippen LogP contribution in [0, 0.1) is 5.92 Å². The number of ketones is 1. The molecule has 49 heavy (non-hydrogen) atoms. The van der Waals surface area contributed by atoms with Gasteiger partial charge in [-0.2, -0.15) is 0 Å². The van der Waals surface area contributed by atoms with Gasteiger partial charge in [0.05, 0.1) is 11.4 Å². The molecule has 2 aromatic heterocycles. The summed E-state index contributed by atoms with van der Waals surface area (Å²) in [6.45, 7) is 0. The van der Waals surface area contributed by atoms with E-state index in [1.807, 2.05) is 42.5 Å². The number of fused-ring (bicyclic) bond motifs is 7. The lowest BCUT2D eigenvalue weighted by Crippen LogP contribution is -2.22.